The molecule has 0 aliphatic carbocycles. The van der Waals surface area contributed by atoms with E-state index in [1.54, 1.807) is 0 Å². The molecule has 0 radical (unpaired) electrons. The summed E-state index contributed by atoms with van der Waals surface area (Å²) in [6, 6.07) is 0. The van der Waals surface area contributed by atoms with E-state index in [2.05, 4.69) is 11.5 Å². The van der Waals surface area contributed by atoms with Gasteiger partial charge in [-0.05, 0) is 0 Å². The van der Waals surface area contributed by atoms with Crippen molar-refractivity contribution in [2.75, 3.05) is 0 Å². The van der Waals surface area contributed by atoms with Crippen molar-refractivity contribution >= 4 is 12.8 Å². The minimum absolute atomic E-state index is 0. The maximum atomic E-state index is 8.58. The first-order valence-electron chi connectivity index (χ1n) is 1.14. The molecule has 0 saturated heterocycles. The van der Waals surface area contributed by atoms with Crippen molar-refractivity contribution in [3.05, 3.63) is 0 Å². The molecule has 0 aromatic rings. The quantitative estimate of drug-likeness (QED) is 0.322. The molecule has 0 heterocycles. The Hall–Kier alpha value is -1.10. The van der Waals surface area contributed by atoms with Crippen LogP contribution in [0.3, 0.4) is 0 Å². The zero-order valence-corrected chi connectivity index (χ0v) is 3.83. The van der Waals surface area contributed by atoms with E-state index < -0.39 is 0 Å². The highest BCUT2D eigenvalue weighted by molar-refractivity contribution is 5.42. The SMILES string of the molecule is N.NC=O.NC=O. The van der Waals surface area contributed by atoms with Gasteiger partial charge in [0.1, 0.15) is 0 Å². The molecular formula is C2H9N3O2. The average molecular weight is 107 g/mol. The highest BCUT2D eigenvalue weighted by atomic mass is 16.1. The number of amides is 2. The van der Waals surface area contributed by atoms with Crippen molar-refractivity contribution in [3.63, 3.8) is 0 Å². The highest BCUT2D eigenvalue weighted by Crippen LogP contribution is 0.801. The molecule has 0 aromatic carbocycles. The van der Waals surface area contributed by atoms with Crippen LogP contribution in [0, 0.1) is 0 Å². The molecule has 0 rings (SSSR count). The highest BCUT2D eigenvalue weighted by Gasteiger charge is 1.19. The van der Waals surface area contributed by atoms with Gasteiger partial charge < -0.3 is 17.6 Å². The first-order valence-corrected chi connectivity index (χ1v) is 1.14. The summed E-state index contributed by atoms with van der Waals surface area (Å²) in [5.41, 5.74) is 8.33. The zero-order valence-electron chi connectivity index (χ0n) is 3.83. The van der Waals surface area contributed by atoms with E-state index in [-0.39, 0.29) is 19.0 Å². The third-order valence-corrected chi connectivity index (χ3v) is 0. The zero-order chi connectivity index (χ0) is 5.41. The van der Waals surface area contributed by atoms with Gasteiger partial charge in [0.15, 0.2) is 0 Å². The van der Waals surface area contributed by atoms with Crippen LogP contribution in [0.2, 0.25) is 0 Å². The molecule has 0 aromatic heterocycles. The summed E-state index contributed by atoms with van der Waals surface area (Å²) in [4.78, 5) is 17.2. The minimum Gasteiger partial charge on any atom is -0.372 e. The third kappa shape index (κ3) is 34.1. The molecule has 0 spiro atoms. The Labute approximate surface area is 41.2 Å². The summed E-state index contributed by atoms with van der Waals surface area (Å²) >= 11 is 0. The smallest absolute Gasteiger partial charge is 0.204 e. The number of carbonyl (C=O) groups excluding carboxylic acids is 2. The molecule has 0 unspecified atom stereocenters. The Morgan fingerprint density at radius 1 is 1.00 bits per heavy atom. The van der Waals surface area contributed by atoms with Crippen molar-refractivity contribution in [1.82, 2.24) is 6.15 Å². The van der Waals surface area contributed by atoms with Gasteiger partial charge in [0.05, 0.1) is 0 Å². The second-order valence-corrected chi connectivity index (χ2v) is 0.272. The summed E-state index contributed by atoms with van der Waals surface area (Å²) in [6.45, 7) is 0. The van der Waals surface area contributed by atoms with Crippen LogP contribution in [0.1, 0.15) is 0 Å². The fourth-order valence-corrected chi connectivity index (χ4v) is 0. The molecule has 0 aliphatic rings. The molecular weight excluding hydrogens is 98.0 g/mol. The summed E-state index contributed by atoms with van der Waals surface area (Å²) in [5, 5.41) is 0. The summed E-state index contributed by atoms with van der Waals surface area (Å²) in [5.74, 6) is 0. The molecule has 0 atom stereocenters. The Balaban J connectivity index is -0.0000000400. The number of rotatable bonds is 0. The van der Waals surface area contributed by atoms with Crippen LogP contribution < -0.4 is 17.6 Å². The third-order valence-electron chi connectivity index (χ3n) is 0. The molecule has 2 amide bonds. The van der Waals surface area contributed by atoms with Gasteiger partial charge in [-0.25, -0.2) is 0 Å². The largest absolute Gasteiger partial charge is 0.372 e. The van der Waals surface area contributed by atoms with Crippen LogP contribution in [-0.4, -0.2) is 12.8 Å². The van der Waals surface area contributed by atoms with Crippen LogP contribution in [0.15, 0.2) is 0 Å². The van der Waals surface area contributed by atoms with Crippen LogP contribution in [0.25, 0.3) is 0 Å². The average Bonchev–Trinajstić information content (AvgIpc) is 1.39. The molecule has 5 heteroatoms. The van der Waals surface area contributed by atoms with E-state index in [0.29, 0.717) is 0 Å². The fraction of sp³-hybridized carbons (Fsp3) is 0. The lowest BCUT2D eigenvalue weighted by molar-refractivity contribution is -0.107. The standard InChI is InChI=1S/2CH3NO.H3N/c2*2-1-3;/h2*1H,(H2,2,3);1H3. The lowest BCUT2D eigenvalue weighted by Gasteiger charge is -1.32. The van der Waals surface area contributed by atoms with Gasteiger partial charge >= 0.3 is 0 Å². The van der Waals surface area contributed by atoms with Gasteiger partial charge in [-0.1, -0.05) is 0 Å². The maximum absolute atomic E-state index is 8.58. The van der Waals surface area contributed by atoms with Gasteiger partial charge in [0.25, 0.3) is 0 Å². The van der Waals surface area contributed by atoms with Crippen LogP contribution in [0.4, 0.5) is 0 Å². The van der Waals surface area contributed by atoms with Crippen molar-refractivity contribution in [2.45, 2.75) is 0 Å². The molecule has 0 saturated carbocycles. The van der Waals surface area contributed by atoms with Crippen molar-refractivity contribution < 1.29 is 9.59 Å². The normalized spacial score (nSPS) is 3.43. The van der Waals surface area contributed by atoms with Crippen LogP contribution in [-0.2, 0) is 9.59 Å². The van der Waals surface area contributed by atoms with Crippen LogP contribution >= 0.6 is 0 Å². The molecule has 7 N–H and O–H groups in total. The first-order chi connectivity index (χ1) is 2.83. The van der Waals surface area contributed by atoms with Crippen molar-refractivity contribution in [2.24, 2.45) is 11.5 Å². The number of hydrogen-bond acceptors (Lipinski definition) is 3. The molecule has 7 heavy (non-hydrogen) atoms. The van der Waals surface area contributed by atoms with Gasteiger partial charge in [-0.15, -0.1) is 0 Å². The van der Waals surface area contributed by atoms with E-state index in [9.17, 15) is 0 Å². The number of nitrogens with two attached hydrogens (primary N) is 2. The van der Waals surface area contributed by atoms with Gasteiger partial charge in [-0.3, -0.25) is 9.59 Å². The Morgan fingerprint density at radius 2 is 1.00 bits per heavy atom. The Bertz CT molecular complexity index is 31.9. The van der Waals surface area contributed by atoms with Crippen molar-refractivity contribution in [1.29, 1.82) is 0 Å². The summed E-state index contributed by atoms with van der Waals surface area (Å²) in [7, 11) is 0. The predicted octanol–water partition coefficient (Wildman–Crippen LogP) is -1.64. The van der Waals surface area contributed by atoms with Gasteiger partial charge in [0.2, 0.25) is 12.8 Å². The number of primary amides is 2. The lowest BCUT2D eigenvalue weighted by atomic mass is 11.5. The summed E-state index contributed by atoms with van der Waals surface area (Å²) < 4.78 is 0. The molecule has 0 bridgehead atoms. The maximum Gasteiger partial charge on any atom is 0.204 e. The predicted molar refractivity (Wildman–Crippen MR) is 25.5 cm³/mol. The second kappa shape index (κ2) is 92.0. The Kier molecular flexibility index (Phi) is 221. The number of hydrogen-bond donors (Lipinski definition) is 3. The number of carbonyl (C=O) groups is 2. The minimum atomic E-state index is 0. The van der Waals surface area contributed by atoms with E-state index >= 15 is 0 Å². The molecule has 5 nitrogen and oxygen atoms in total. The van der Waals surface area contributed by atoms with Gasteiger partial charge in [0, 0.05) is 0 Å². The Morgan fingerprint density at radius 3 is 1.00 bits per heavy atom. The topological polar surface area (TPSA) is 121 Å². The second-order valence-electron chi connectivity index (χ2n) is 0.272. The first kappa shape index (κ1) is 16.8. The van der Waals surface area contributed by atoms with Gasteiger partial charge in [-0.2, -0.15) is 0 Å². The van der Waals surface area contributed by atoms with E-state index in [1.807, 2.05) is 0 Å². The van der Waals surface area contributed by atoms with Crippen molar-refractivity contribution in [3.8, 4) is 0 Å². The van der Waals surface area contributed by atoms with E-state index in [1.165, 1.54) is 0 Å². The monoisotopic (exact) mass is 107 g/mol. The van der Waals surface area contributed by atoms with Crippen LogP contribution in [0.5, 0.6) is 0 Å². The molecule has 44 valence electrons. The molecule has 0 aliphatic heterocycles. The van der Waals surface area contributed by atoms with E-state index in [0.717, 1.165) is 0 Å². The van der Waals surface area contributed by atoms with E-state index in [4.69, 9.17) is 9.59 Å². The molecule has 0 fully saturated rings. The fourth-order valence-electron chi connectivity index (χ4n) is 0. The summed E-state index contributed by atoms with van der Waals surface area (Å²) in [6.07, 6.45) is 0.500. The lowest BCUT2D eigenvalue weighted by Crippen LogP contribution is -1.82.